The number of ether oxygens (including phenoxy) is 5. The van der Waals surface area contributed by atoms with Crippen LogP contribution >= 0.6 is 23.4 Å². The molecule has 358 valence electrons. The Labute approximate surface area is 388 Å². The Morgan fingerprint density at radius 1 is 1.11 bits per heavy atom. The third-order valence-corrected chi connectivity index (χ3v) is 14.4. The van der Waals surface area contributed by atoms with Crippen LogP contribution in [0.1, 0.15) is 100.0 Å². The van der Waals surface area contributed by atoms with Gasteiger partial charge in [0.25, 0.3) is 0 Å². The molecule has 0 unspecified atom stereocenters. The van der Waals surface area contributed by atoms with E-state index < -0.39 is 70.4 Å². The van der Waals surface area contributed by atoms with Crippen LogP contribution in [0.25, 0.3) is 0 Å². The number of methoxy groups -OCH3 is 2. The maximum atomic E-state index is 14.3. The number of hydrogen-bond acceptors (Lipinski definition) is 12. The number of likely N-dealkylation sites (N-methyl/N-ethyl adjacent to an activating group) is 1. The van der Waals surface area contributed by atoms with Crippen LogP contribution in [-0.4, -0.2) is 139 Å². The standard InChI is InChI=1S/C47H71ClN4O11S/c1-28-16-15-17-35(60-14)47(58)26-34(61-43(57)49-47)29(2)41-46(9,63-41)36(25-38(54)52(12)32-23-31(22-28)24-33(59-13)40(32)48)62-42(56)30(3)51(11)37(53)18-19-45(7,8)64-27-39(55)50(10)21-20-44(4,5)6/h15-17,23-24,29-30,34-36,41,58H,18-22,25-27H2,1-14H3,(H,49,57)/b17-15+,28-16+/t29-,30+,34+,35-,36+,41+,46+,47+/m1/s1. The average Bonchev–Trinajstić information content (AvgIpc) is 3.92. The molecule has 0 aromatic heterocycles. The molecular weight excluding hydrogens is 864 g/mol. The molecule has 8 atom stereocenters. The van der Waals surface area contributed by atoms with Gasteiger partial charge in [-0.05, 0) is 63.1 Å². The molecule has 4 rings (SSSR count). The van der Waals surface area contributed by atoms with Gasteiger partial charge in [0, 0.05) is 58.3 Å². The molecule has 15 nitrogen and oxygen atoms in total. The summed E-state index contributed by atoms with van der Waals surface area (Å²) in [5.41, 5.74) is -0.896. The number of thioether (sulfide) groups is 1. The van der Waals surface area contributed by atoms with Gasteiger partial charge in [0.2, 0.25) is 17.7 Å². The summed E-state index contributed by atoms with van der Waals surface area (Å²) in [5.74, 6) is -1.38. The van der Waals surface area contributed by atoms with E-state index in [-0.39, 0.29) is 47.3 Å². The molecule has 2 N–H and O–H groups in total. The van der Waals surface area contributed by atoms with Crippen molar-refractivity contribution in [1.29, 1.82) is 0 Å². The molecule has 3 aliphatic rings. The fraction of sp³-hybridized carbons (Fsp3) is 0.681. The number of nitrogens with zero attached hydrogens (tertiary/aromatic N) is 3. The Kier molecular flexibility index (Phi) is 17.5. The quantitative estimate of drug-likeness (QED) is 0.158. The number of carbonyl (C=O) groups excluding carboxylic acids is 5. The summed E-state index contributed by atoms with van der Waals surface area (Å²) in [6.45, 7) is 18.1. The highest BCUT2D eigenvalue weighted by molar-refractivity contribution is 8.01. The molecule has 0 spiro atoms. The lowest BCUT2D eigenvalue weighted by atomic mass is 9.83. The molecule has 2 saturated heterocycles. The van der Waals surface area contributed by atoms with Gasteiger partial charge in [0.05, 0.1) is 31.1 Å². The zero-order valence-corrected chi connectivity index (χ0v) is 41.7. The number of esters is 1. The normalized spacial score (nSPS) is 28.3. The zero-order chi connectivity index (χ0) is 48.1. The van der Waals surface area contributed by atoms with Crippen LogP contribution < -0.4 is 15.0 Å². The summed E-state index contributed by atoms with van der Waals surface area (Å²) in [6, 6.07) is 2.54. The summed E-state index contributed by atoms with van der Waals surface area (Å²) >= 11 is 8.31. The molecule has 64 heavy (non-hydrogen) atoms. The third kappa shape index (κ3) is 13.4. The predicted octanol–water partition coefficient (Wildman–Crippen LogP) is 6.70. The minimum absolute atomic E-state index is 0.0288. The number of fused-ring (bicyclic) bond motifs is 5. The van der Waals surface area contributed by atoms with Gasteiger partial charge in [0.1, 0.15) is 40.7 Å². The molecule has 0 saturated carbocycles. The fourth-order valence-electron chi connectivity index (χ4n) is 7.87. The monoisotopic (exact) mass is 934 g/mol. The second-order valence-corrected chi connectivity index (χ2v) is 21.6. The first kappa shape index (κ1) is 52.8. The minimum Gasteiger partial charge on any atom is -0.495 e. The van der Waals surface area contributed by atoms with Crippen molar-refractivity contribution in [3.8, 4) is 5.75 Å². The Morgan fingerprint density at radius 2 is 1.78 bits per heavy atom. The number of allylic oxidation sites excluding steroid dienone is 3. The third-order valence-electron chi connectivity index (χ3n) is 12.7. The van der Waals surface area contributed by atoms with Crippen LogP contribution in [-0.2, 0) is 44.5 Å². The van der Waals surface area contributed by atoms with Gasteiger partial charge in [-0.15, -0.1) is 11.8 Å². The summed E-state index contributed by atoms with van der Waals surface area (Å²) in [7, 11) is 7.83. The maximum absolute atomic E-state index is 14.3. The lowest BCUT2D eigenvalue weighted by Crippen LogP contribution is -2.63. The van der Waals surface area contributed by atoms with Crippen molar-refractivity contribution in [2.75, 3.05) is 52.6 Å². The number of aliphatic hydroxyl groups is 1. The molecule has 3 aliphatic heterocycles. The van der Waals surface area contributed by atoms with Crippen molar-refractivity contribution in [3.05, 3.63) is 46.5 Å². The van der Waals surface area contributed by atoms with Gasteiger partial charge in [-0.2, -0.15) is 0 Å². The number of halogens is 1. The van der Waals surface area contributed by atoms with Gasteiger partial charge in [0.15, 0.2) is 5.72 Å². The number of nitrogens with one attached hydrogen (secondary N) is 1. The van der Waals surface area contributed by atoms with Crippen molar-refractivity contribution < 1.29 is 52.8 Å². The highest BCUT2D eigenvalue weighted by atomic mass is 35.5. The molecule has 17 heteroatoms. The number of amides is 4. The second-order valence-electron chi connectivity index (χ2n) is 19.6. The summed E-state index contributed by atoms with van der Waals surface area (Å²) in [6.07, 6.45) is 2.21. The van der Waals surface area contributed by atoms with E-state index >= 15 is 0 Å². The highest BCUT2D eigenvalue weighted by Gasteiger charge is 2.64. The topological polar surface area (TPSA) is 177 Å². The average molecular weight is 936 g/mol. The molecule has 0 aliphatic carbocycles. The van der Waals surface area contributed by atoms with E-state index in [9.17, 15) is 29.1 Å². The van der Waals surface area contributed by atoms with E-state index in [1.807, 2.05) is 33.9 Å². The zero-order valence-electron chi connectivity index (χ0n) is 40.2. The van der Waals surface area contributed by atoms with Crippen molar-refractivity contribution in [2.24, 2.45) is 11.3 Å². The lowest BCUT2D eigenvalue weighted by Gasteiger charge is -2.42. The van der Waals surface area contributed by atoms with Crippen LogP contribution in [0.3, 0.4) is 0 Å². The number of epoxide rings is 1. The predicted molar refractivity (Wildman–Crippen MR) is 248 cm³/mol. The molecular formula is C47H71ClN4O11S. The SMILES string of the molecule is COc1cc2cc(c1Cl)N(C)C(=O)C[C@H](OC(=O)[C@H](C)N(C)C(=O)CCC(C)(C)SCC(=O)N(C)CCC(C)(C)C)[C@]1(C)O[C@H]1[C@H](C)[C@@H]1C[C@@](O)(NC(=O)O1)[C@H](OC)/C=C/C=C(\C)C2. The van der Waals surface area contributed by atoms with E-state index in [0.29, 0.717) is 30.8 Å². The van der Waals surface area contributed by atoms with E-state index in [1.165, 1.54) is 42.8 Å². The molecule has 4 bridgehead atoms. The molecule has 1 aromatic carbocycles. The molecule has 4 amide bonds. The minimum atomic E-state index is -1.85. The van der Waals surface area contributed by atoms with Crippen LogP contribution in [0.4, 0.5) is 10.5 Å². The van der Waals surface area contributed by atoms with Gasteiger partial charge in [-0.1, -0.05) is 76.9 Å². The first-order valence-corrected chi connectivity index (χ1v) is 23.2. The largest absolute Gasteiger partial charge is 0.495 e. The van der Waals surface area contributed by atoms with E-state index in [4.69, 9.17) is 35.3 Å². The number of anilines is 1. The van der Waals surface area contributed by atoms with E-state index in [2.05, 4.69) is 26.1 Å². The van der Waals surface area contributed by atoms with Gasteiger partial charge < -0.3 is 43.5 Å². The smallest absolute Gasteiger partial charge is 0.409 e. The van der Waals surface area contributed by atoms with Crippen molar-refractivity contribution >= 4 is 58.8 Å². The Morgan fingerprint density at radius 3 is 2.41 bits per heavy atom. The number of alkyl carbamates (subject to hydrolysis) is 1. The second kappa shape index (κ2) is 21.2. The number of rotatable bonds is 13. The van der Waals surface area contributed by atoms with E-state index in [0.717, 1.165) is 17.6 Å². The lowest BCUT2D eigenvalue weighted by molar-refractivity contribution is -0.162. The summed E-state index contributed by atoms with van der Waals surface area (Å²) in [4.78, 5) is 72.3. The Bertz CT molecular complexity index is 1950. The molecule has 2 fully saturated rings. The summed E-state index contributed by atoms with van der Waals surface area (Å²) in [5, 5.41) is 14.6. The van der Waals surface area contributed by atoms with Crippen LogP contribution in [0.2, 0.25) is 5.02 Å². The first-order chi connectivity index (χ1) is 29.6. The Hall–Kier alpha value is -3.83. The summed E-state index contributed by atoms with van der Waals surface area (Å²) < 4.78 is 29.1. The number of hydrogen-bond donors (Lipinski definition) is 2. The van der Waals surface area contributed by atoms with Crippen molar-refractivity contribution in [1.82, 2.24) is 15.1 Å². The van der Waals surface area contributed by atoms with Crippen LogP contribution in [0, 0.1) is 11.3 Å². The number of carbonyl (C=O) groups is 5. The highest BCUT2D eigenvalue weighted by Crippen LogP contribution is 2.49. The number of benzene rings is 1. The van der Waals surface area contributed by atoms with Crippen molar-refractivity contribution in [2.45, 2.75) is 147 Å². The molecule has 3 heterocycles. The van der Waals surface area contributed by atoms with E-state index in [1.54, 1.807) is 57.0 Å². The molecule has 1 aromatic rings. The van der Waals surface area contributed by atoms with Gasteiger partial charge in [-0.3, -0.25) is 19.7 Å². The van der Waals surface area contributed by atoms with Crippen molar-refractivity contribution in [3.63, 3.8) is 0 Å². The van der Waals surface area contributed by atoms with Crippen LogP contribution in [0.15, 0.2) is 35.9 Å². The fourth-order valence-corrected chi connectivity index (χ4v) is 9.16. The molecule has 0 radical (unpaired) electrons. The maximum Gasteiger partial charge on any atom is 0.409 e. The first-order valence-electron chi connectivity index (χ1n) is 21.9. The Balaban J connectivity index is 1.58. The van der Waals surface area contributed by atoms with Crippen LogP contribution in [0.5, 0.6) is 5.75 Å². The van der Waals surface area contributed by atoms with Gasteiger partial charge in [-0.25, -0.2) is 9.59 Å². The van der Waals surface area contributed by atoms with Gasteiger partial charge >= 0.3 is 12.1 Å².